The maximum Gasteiger partial charge on any atom is 0.320 e. The first-order valence-electron chi connectivity index (χ1n) is 6.72. The molecule has 2 aromatic rings. The fourth-order valence-corrected chi connectivity index (χ4v) is 2.46. The minimum Gasteiger partial charge on any atom is -0.497 e. The topological polar surface area (TPSA) is 84.6 Å². The molecule has 0 heterocycles. The number of carboxylic acids is 1. The maximum atomic E-state index is 10.7. The monoisotopic (exact) mass is 318 g/mol. The Bertz CT molecular complexity index is 614. The van der Waals surface area contributed by atoms with Crippen LogP contribution < -0.4 is 15.2 Å². The van der Waals surface area contributed by atoms with Crippen molar-refractivity contribution in [1.82, 2.24) is 0 Å². The van der Waals surface area contributed by atoms with Crippen molar-refractivity contribution in [3.8, 4) is 5.75 Å². The van der Waals surface area contributed by atoms with Crippen LogP contribution in [0.2, 0.25) is 0 Å². The first kappa shape index (κ1) is 16.2. The van der Waals surface area contributed by atoms with E-state index >= 15 is 0 Å². The van der Waals surface area contributed by atoms with E-state index in [9.17, 15) is 4.79 Å². The zero-order chi connectivity index (χ0) is 15.9. The van der Waals surface area contributed by atoms with Crippen LogP contribution in [0.3, 0.4) is 0 Å². The number of aliphatic carboxylic acids is 1. The van der Waals surface area contributed by atoms with E-state index in [-0.39, 0.29) is 0 Å². The molecular formula is C16H18N2O3S. The van der Waals surface area contributed by atoms with Gasteiger partial charge in [0.2, 0.25) is 0 Å². The van der Waals surface area contributed by atoms with Crippen LogP contribution in [0.5, 0.6) is 5.75 Å². The van der Waals surface area contributed by atoms with E-state index in [1.807, 2.05) is 48.5 Å². The largest absolute Gasteiger partial charge is 0.497 e. The van der Waals surface area contributed by atoms with E-state index in [0.29, 0.717) is 6.42 Å². The van der Waals surface area contributed by atoms with E-state index in [4.69, 9.17) is 15.6 Å². The third-order valence-electron chi connectivity index (χ3n) is 3.07. The summed E-state index contributed by atoms with van der Waals surface area (Å²) in [6.45, 7) is 0. The minimum atomic E-state index is -0.989. The average molecular weight is 318 g/mol. The van der Waals surface area contributed by atoms with Crippen molar-refractivity contribution in [3.63, 3.8) is 0 Å². The Kier molecular flexibility index (Phi) is 5.68. The molecule has 0 aliphatic heterocycles. The lowest BCUT2D eigenvalue weighted by Gasteiger charge is -2.09. The molecule has 0 spiro atoms. The van der Waals surface area contributed by atoms with Crippen LogP contribution in [0.15, 0.2) is 53.4 Å². The van der Waals surface area contributed by atoms with E-state index in [1.54, 1.807) is 7.11 Å². The molecule has 0 amide bonds. The summed E-state index contributed by atoms with van der Waals surface area (Å²) < 4.78 is 8.34. The molecule has 0 aromatic heterocycles. The van der Waals surface area contributed by atoms with Crippen LogP contribution in [0.25, 0.3) is 0 Å². The molecule has 0 saturated heterocycles. The maximum absolute atomic E-state index is 10.7. The van der Waals surface area contributed by atoms with Gasteiger partial charge >= 0.3 is 5.97 Å². The highest BCUT2D eigenvalue weighted by Crippen LogP contribution is 2.23. The summed E-state index contributed by atoms with van der Waals surface area (Å²) in [5.41, 5.74) is 7.35. The number of hydrogen-bond acceptors (Lipinski definition) is 5. The Hall–Kier alpha value is -2.18. The number of carbonyl (C=O) groups is 1. The molecule has 0 saturated carbocycles. The normalized spacial score (nSPS) is 11.7. The Labute approximate surface area is 133 Å². The summed E-state index contributed by atoms with van der Waals surface area (Å²) in [4.78, 5) is 11.8. The first-order valence-corrected chi connectivity index (χ1v) is 7.54. The van der Waals surface area contributed by atoms with Crippen LogP contribution in [0, 0.1) is 0 Å². The Balaban J connectivity index is 1.89. The molecule has 4 N–H and O–H groups in total. The number of benzene rings is 2. The lowest BCUT2D eigenvalue weighted by molar-refractivity contribution is -0.138. The smallest absolute Gasteiger partial charge is 0.320 e. The molecule has 2 aromatic carbocycles. The predicted octanol–water partition coefficient (Wildman–Crippen LogP) is 2.77. The van der Waals surface area contributed by atoms with Crippen LogP contribution >= 0.6 is 11.9 Å². The molecule has 22 heavy (non-hydrogen) atoms. The van der Waals surface area contributed by atoms with Crippen molar-refractivity contribution in [2.45, 2.75) is 17.4 Å². The van der Waals surface area contributed by atoms with Gasteiger partial charge in [-0.2, -0.15) is 0 Å². The summed E-state index contributed by atoms with van der Waals surface area (Å²) in [7, 11) is 1.64. The van der Waals surface area contributed by atoms with Gasteiger partial charge in [0.05, 0.1) is 7.11 Å². The predicted molar refractivity (Wildman–Crippen MR) is 88.2 cm³/mol. The van der Waals surface area contributed by atoms with Crippen molar-refractivity contribution >= 4 is 23.6 Å². The second kappa shape index (κ2) is 7.72. The van der Waals surface area contributed by atoms with Crippen LogP contribution in [0.1, 0.15) is 5.56 Å². The molecule has 5 nitrogen and oxygen atoms in total. The van der Waals surface area contributed by atoms with Crippen LogP contribution in [-0.4, -0.2) is 24.2 Å². The molecule has 0 fully saturated rings. The average Bonchev–Trinajstić information content (AvgIpc) is 2.54. The first-order chi connectivity index (χ1) is 10.6. The number of carboxylic acid groups (broad SMARTS) is 1. The van der Waals surface area contributed by atoms with Gasteiger partial charge < -0.3 is 20.3 Å². The minimum absolute atomic E-state index is 0.321. The highest BCUT2D eigenvalue weighted by Gasteiger charge is 2.11. The molecule has 116 valence electrons. The molecule has 0 aliphatic rings. The summed E-state index contributed by atoms with van der Waals surface area (Å²) in [5.74, 6) is -0.166. The molecule has 0 radical (unpaired) electrons. The van der Waals surface area contributed by atoms with Gasteiger partial charge in [-0.3, -0.25) is 4.79 Å². The Morgan fingerprint density at radius 1 is 1.23 bits per heavy atom. The summed E-state index contributed by atoms with van der Waals surface area (Å²) in [6.07, 6.45) is 0.321. The lowest BCUT2D eigenvalue weighted by Crippen LogP contribution is -2.32. The van der Waals surface area contributed by atoms with E-state index in [2.05, 4.69) is 4.72 Å². The number of anilines is 1. The fraction of sp³-hybridized carbons (Fsp3) is 0.188. The van der Waals surface area contributed by atoms with Crippen molar-refractivity contribution in [1.29, 1.82) is 0 Å². The Morgan fingerprint density at radius 2 is 1.86 bits per heavy atom. The van der Waals surface area contributed by atoms with E-state index in [1.165, 1.54) is 11.9 Å². The van der Waals surface area contributed by atoms with Gasteiger partial charge in [0.15, 0.2) is 0 Å². The van der Waals surface area contributed by atoms with Gasteiger partial charge in [0.25, 0.3) is 0 Å². The summed E-state index contributed by atoms with van der Waals surface area (Å²) >= 11 is 1.49. The molecule has 2 rings (SSSR count). The second-order valence-electron chi connectivity index (χ2n) is 4.73. The third kappa shape index (κ3) is 4.68. The molecular weight excluding hydrogens is 300 g/mol. The standard InChI is InChI=1S/C16H18N2O3S/c1-21-13-6-8-14(9-7-13)22-18-12-4-2-11(3-5-12)10-15(17)16(19)20/h2-9,15,18H,10,17H2,1H3,(H,19,20)/t15-/m0/s1. The Morgan fingerprint density at radius 3 is 2.41 bits per heavy atom. The zero-order valence-corrected chi connectivity index (χ0v) is 13.0. The molecule has 0 unspecified atom stereocenters. The molecule has 0 aliphatic carbocycles. The SMILES string of the molecule is COc1ccc(SNc2ccc(C[C@H](N)C(=O)O)cc2)cc1. The third-order valence-corrected chi connectivity index (χ3v) is 3.92. The van der Waals surface area contributed by atoms with E-state index < -0.39 is 12.0 Å². The van der Waals surface area contributed by atoms with Crippen molar-refractivity contribution in [2.24, 2.45) is 5.73 Å². The van der Waals surface area contributed by atoms with Gasteiger partial charge in [0.1, 0.15) is 11.8 Å². The van der Waals surface area contributed by atoms with Gasteiger partial charge in [-0.05, 0) is 60.3 Å². The van der Waals surface area contributed by atoms with Gasteiger partial charge in [-0.15, -0.1) is 0 Å². The molecule has 0 bridgehead atoms. The number of hydrogen-bond donors (Lipinski definition) is 3. The van der Waals surface area contributed by atoms with Gasteiger partial charge in [-0.1, -0.05) is 12.1 Å². The number of nitrogens with two attached hydrogens (primary N) is 1. The fourth-order valence-electron chi connectivity index (χ4n) is 1.81. The quantitative estimate of drug-likeness (QED) is 0.681. The zero-order valence-electron chi connectivity index (χ0n) is 12.2. The van der Waals surface area contributed by atoms with Crippen molar-refractivity contribution < 1.29 is 14.6 Å². The molecule has 1 atom stereocenters. The lowest BCUT2D eigenvalue weighted by atomic mass is 10.1. The number of rotatable bonds is 7. The number of ether oxygens (including phenoxy) is 1. The number of methoxy groups -OCH3 is 1. The van der Waals surface area contributed by atoms with Crippen molar-refractivity contribution in [2.75, 3.05) is 11.8 Å². The van der Waals surface area contributed by atoms with E-state index in [0.717, 1.165) is 21.9 Å². The van der Waals surface area contributed by atoms with Crippen molar-refractivity contribution in [3.05, 3.63) is 54.1 Å². The van der Waals surface area contributed by atoms with Crippen LogP contribution in [-0.2, 0) is 11.2 Å². The highest BCUT2D eigenvalue weighted by molar-refractivity contribution is 8.00. The highest BCUT2D eigenvalue weighted by atomic mass is 32.2. The van der Waals surface area contributed by atoms with Crippen LogP contribution in [0.4, 0.5) is 5.69 Å². The van der Waals surface area contributed by atoms with Gasteiger partial charge in [0, 0.05) is 10.6 Å². The van der Waals surface area contributed by atoms with Gasteiger partial charge in [-0.25, -0.2) is 0 Å². The second-order valence-corrected chi connectivity index (χ2v) is 5.61. The summed E-state index contributed by atoms with van der Waals surface area (Å²) in [5, 5.41) is 8.80. The number of nitrogens with one attached hydrogen (secondary N) is 1. The summed E-state index contributed by atoms with van der Waals surface area (Å²) in [6, 6.07) is 14.4. The molecule has 6 heteroatoms.